The minimum Gasteiger partial charge on any atom is -0.479 e. The molecule has 2 fully saturated rings. The van der Waals surface area contributed by atoms with Crippen LogP contribution in [0.5, 0.6) is 0 Å². The lowest BCUT2D eigenvalue weighted by Crippen LogP contribution is -2.35. The standard InChI is InChI=1S/C15H16N6O5/c1-15(2)25-8-9(26-15)13(24-10(8)14(22)23)21-5-18-7-11(17-3)19-6(4-16)20-12(7)21/h5,8-10,13H,1-3H3,(H,22,23)(H,17,19,20)/t8-,9+,10-,13+/m0/s1. The van der Waals surface area contributed by atoms with Gasteiger partial charge in [0, 0.05) is 7.05 Å². The Morgan fingerprint density at radius 3 is 2.77 bits per heavy atom. The highest BCUT2D eigenvalue weighted by atomic mass is 16.8. The number of hydrogen-bond acceptors (Lipinski definition) is 9. The van der Waals surface area contributed by atoms with Crippen molar-refractivity contribution in [2.24, 2.45) is 0 Å². The highest BCUT2D eigenvalue weighted by molar-refractivity contribution is 5.83. The van der Waals surface area contributed by atoms with Crippen LogP contribution in [0, 0.1) is 11.3 Å². The fourth-order valence-electron chi connectivity index (χ4n) is 3.33. The Kier molecular flexibility index (Phi) is 3.58. The van der Waals surface area contributed by atoms with E-state index in [0.29, 0.717) is 17.0 Å². The fraction of sp³-hybridized carbons (Fsp3) is 0.533. The van der Waals surface area contributed by atoms with Gasteiger partial charge in [0.15, 0.2) is 35.1 Å². The molecule has 4 atom stereocenters. The summed E-state index contributed by atoms with van der Waals surface area (Å²) in [6.45, 7) is 3.42. The molecule has 0 radical (unpaired) electrons. The summed E-state index contributed by atoms with van der Waals surface area (Å²) in [6.07, 6.45) is -1.99. The van der Waals surface area contributed by atoms with Crippen molar-refractivity contribution in [1.29, 1.82) is 5.26 Å². The molecule has 4 rings (SSSR count). The monoisotopic (exact) mass is 360 g/mol. The lowest BCUT2D eigenvalue weighted by molar-refractivity contribution is -0.202. The minimum atomic E-state index is -1.19. The first kappa shape index (κ1) is 16.6. The third-order valence-corrected chi connectivity index (χ3v) is 4.30. The van der Waals surface area contributed by atoms with Gasteiger partial charge in [-0.3, -0.25) is 4.57 Å². The van der Waals surface area contributed by atoms with Gasteiger partial charge in [-0.05, 0) is 13.8 Å². The van der Waals surface area contributed by atoms with Crippen LogP contribution in [-0.4, -0.2) is 61.7 Å². The molecule has 0 unspecified atom stereocenters. The van der Waals surface area contributed by atoms with Gasteiger partial charge in [0.2, 0.25) is 5.82 Å². The van der Waals surface area contributed by atoms with Gasteiger partial charge < -0.3 is 24.6 Å². The SMILES string of the molecule is CNc1nc(C#N)nc2c1ncn2[C@@H]1O[C@H](C(=O)O)[C@H]2OC(C)(C)O[C@H]21. The van der Waals surface area contributed by atoms with Gasteiger partial charge in [-0.1, -0.05) is 0 Å². The predicted octanol–water partition coefficient (Wildman–Crippen LogP) is 0.242. The lowest BCUT2D eigenvalue weighted by atomic mass is 10.1. The van der Waals surface area contributed by atoms with Crippen LogP contribution in [0.25, 0.3) is 11.2 Å². The number of rotatable bonds is 3. The Hall–Kier alpha value is -2.81. The fourth-order valence-corrected chi connectivity index (χ4v) is 3.33. The molecule has 0 aromatic carbocycles. The summed E-state index contributed by atoms with van der Waals surface area (Å²) in [5, 5.41) is 21.5. The van der Waals surface area contributed by atoms with E-state index in [1.165, 1.54) is 6.33 Å². The number of aliphatic carboxylic acids is 1. The van der Waals surface area contributed by atoms with Crippen LogP contribution in [0.1, 0.15) is 25.9 Å². The number of carboxylic acid groups (broad SMARTS) is 1. The Morgan fingerprint density at radius 1 is 1.38 bits per heavy atom. The predicted molar refractivity (Wildman–Crippen MR) is 85.0 cm³/mol. The van der Waals surface area contributed by atoms with Crippen molar-refractivity contribution in [3.8, 4) is 6.07 Å². The first-order chi connectivity index (χ1) is 12.3. The molecular weight excluding hydrogens is 344 g/mol. The molecule has 2 aliphatic rings. The van der Waals surface area contributed by atoms with Gasteiger partial charge in [0.25, 0.3) is 0 Å². The minimum absolute atomic E-state index is 0.0446. The zero-order chi connectivity index (χ0) is 18.6. The van der Waals surface area contributed by atoms with E-state index in [4.69, 9.17) is 19.5 Å². The number of nitrogens with one attached hydrogen (secondary N) is 1. The van der Waals surface area contributed by atoms with Crippen molar-refractivity contribution in [1.82, 2.24) is 19.5 Å². The molecule has 2 N–H and O–H groups in total. The quantitative estimate of drug-likeness (QED) is 0.780. The van der Waals surface area contributed by atoms with E-state index in [0.717, 1.165) is 0 Å². The number of hydrogen-bond donors (Lipinski definition) is 2. The number of aromatic nitrogens is 4. The van der Waals surface area contributed by atoms with Crippen LogP contribution in [-0.2, 0) is 19.0 Å². The Balaban J connectivity index is 1.82. The summed E-state index contributed by atoms with van der Waals surface area (Å²) >= 11 is 0. The number of anilines is 1. The summed E-state index contributed by atoms with van der Waals surface area (Å²) in [5.74, 6) is -1.74. The number of imidazole rings is 1. The average Bonchev–Trinajstić information content (AvgIpc) is 3.23. The van der Waals surface area contributed by atoms with Gasteiger partial charge in [-0.15, -0.1) is 0 Å². The summed E-state index contributed by atoms with van der Waals surface area (Å²) in [7, 11) is 1.65. The molecule has 0 amide bonds. The van der Waals surface area contributed by atoms with Crippen molar-refractivity contribution < 1.29 is 24.1 Å². The van der Waals surface area contributed by atoms with E-state index < -0.39 is 36.3 Å². The van der Waals surface area contributed by atoms with Crippen molar-refractivity contribution in [3.63, 3.8) is 0 Å². The average molecular weight is 360 g/mol. The molecule has 11 heteroatoms. The van der Waals surface area contributed by atoms with Crippen molar-refractivity contribution in [2.75, 3.05) is 12.4 Å². The van der Waals surface area contributed by atoms with E-state index in [9.17, 15) is 9.90 Å². The molecule has 2 aromatic rings. The van der Waals surface area contributed by atoms with Crippen LogP contribution in [0.4, 0.5) is 5.82 Å². The topological polar surface area (TPSA) is 144 Å². The van der Waals surface area contributed by atoms with E-state index in [1.54, 1.807) is 25.5 Å². The third-order valence-electron chi connectivity index (χ3n) is 4.30. The van der Waals surface area contributed by atoms with Crippen LogP contribution < -0.4 is 5.32 Å². The van der Waals surface area contributed by atoms with Crippen molar-refractivity contribution >= 4 is 23.0 Å². The lowest BCUT2D eigenvalue weighted by Gasteiger charge is -2.23. The van der Waals surface area contributed by atoms with Gasteiger partial charge >= 0.3 is 5.97 Å². The molecule has 26 heavy (non-hydrogen) atoms. The third kappa shape index (κ3) is 2.38. The number of nitriles is 1. The first-order valence-corrected chi connectivity index (χ1v) is 7.91. The van der Waals surface area contributed by atoms with Crippen LogP contribution in [0.15, 0.2) is 6.33 Å². The zero-order valence-corrected chi connectivity index (χ0v) is 14.2. The molecule has 0 bridgehead atoms. The second-order valence-corrected chi connectivity index (χ2v) is 6.43. The van der Waals surface area contributed by atoms with Crippen molar-refractivity contribution in [2.45, 2.75) is 44.2 Å². The van der Waals surface area contributed by atoms with Gasteiger partial charge in [0.1, 0.15) is 18.3 Å². The number of ether oxygens (including phenoxy) is 3. The number of carbonyl (C=O) groups is 1. The van der Waals surface area contributed by atoms with E-state index >= 15 is 0 Å². The van der Waals surface area contributed by atoms with Crippen LogP contribution >= 0.6 is 0 Å². The second-order valence-electron chi connectivity index (χ2n) is 6.43. The molecule has 0 aliphatic carbocycles. The summed E-state index contributed by atoms with van der Waals surface area (Å²) in [4.78, 5) is 24.1. The summed E-state index contributed by atoms with van der Waals surface area (Å²) in [6, 6.07) is 1.89. The molecule has 0 saturated carbocycles. The van der Waals surface area contributed by atoms with Gasteiger partial charge in [-0.2, -0.15) is 15.2 Å². The Labute approximate surface area is 147 Å². The van der Waals surface area contributed by atoms with E-state index in [2.05, 4.69) is 20.3 Å². The second kappa shape index (κ2) is 5.60. The number of nitrogens with zero attached hydrogens (tertiary/aromatic N) is 5. The first-order valence-electron chi connectivity index (χ1n) is 7.91. The molecule has 0 spiro atoms. The van der Waals surface area contributed by atoms with Crippen molar-refractivity contribution in [3.05, 3.63) is 12.2 Å². The zero-order valence-electron chi connectivity index (χ0n) is 14.2. The maximum absolute atomic E-state index is 11.6. The number of carboxylic acids is 1. The normalized spacial score (nSPS) is 29.5. The van der Waals surface area contributed by atoms with Gasteiger partial charge in [-0.25, -0.2) is 9.78 Å². The van der Waals surface area contributed by atoms with Gasteiger partial charge in [0.05, 0.1) is 6.33 Å². The molecule has 2 aliphatic heterocycles. The van der Waals surface area contributed by atoms with Crippen LogP contribution in [0.2, 0.25) is 0 Å². The summed E-state index contributed by atoms with van der Waals surface area (Å²) < 4.78 is 18.8. The molecule has 136 valence electrons. The van der Waals surface area contributed by atoms with E-state index in [1.807, 2.05) is 6.07 Å². The molecule has 2 aromatic heterocycles. The maximum atomic E-state index is 11.6. The highest BCUT2D eigenvalue weighted by Crippen LogP contribution is 2.43. The maximum Gasteiger partial charge on any atom is 0.335 e. The molecular formula is C15H16N6O5. The molecule has 2 saturated heterocycles. The largest absolute Gasteiger partial charge is 0.479 e. The Bertz CT molecular complexity index is 934. The molecule has 4 heterocycles. The highest BCUT2D eigenvalue weighted by Gasteiger charge is 2.58. The van der Waals surface area contributed by atoms with E-state index in [-0.39, 0.29) is 5.82 Å². The molecule has 11 nitrogen and oxygen atoms in total. The van der Waals surface area contributed by atoms with Crippen LogP contribution in [0.3, 0.4) is 0 Å². The smallest absolute Gasteiger partial charge is 0.335 e. The Morgan fingerprint density at radius 2 is 2.12 bits per heavy atom. The summed E-state index contributed by atoms with van der Waals surface area (Å²) in [5.41, 5.74) is 0.771. The number of fused-ring (bicyclic) bond motifs is 2.